The first kappa shape index (κ1) is 11.4. The van der Waals surface area contributed by atoms with Crippen LogP contribution in [0.15, 0.2) is 24.4 Å². The average Bonchev–Trinajstić information content (AvgIpc) is 2.83. The van der Waals surface area contributed by atoms with Gasteiger partial charge in [0, 0.05) is 17.1 Å². The molecule has 0 amide bonds. The van der Waals surface area contributed by atoms with Crippen LogP contribution in [0.2, 0.25) is 0 Å². The molecular formula is C19H23N. The van der Waals surface area contributed by atoms with Crippen LogP contribution in [-0.4, -0.2) is 4.98 Å². The summed E-state index contributed by atoms with van der Waals surface area (Å²) in [6.45, 7) is 2.22. The molecule has 1 aromatic heterocycles. The molecule has 0 unspecified atom stereocenters. The predicted octanol–water partition coefficient (Wildman–Crippen LogP) is 4.94. The number of aromatic amines is 1. The summed E-state index contributed by atoms with van der Waals surface area (Å²) in [5, 5.41) is 1.51. The van der Waals surface area contributed by atoms with Crippen molar-refractivity contribution >= 4 is 10.9 Å². The second-order valence-corrected chi connectivity index (χ2v) is 7.90. The molecule has 0 saturated heterocycles. The van der Waals surface area contributed by atoms with Gasteiger partial charge in [-0.1, -0.05) is 18.2 Å². The van der Waals surface area contributed by atoms with E-state index in [1.165, 1.54) is 55.0 Å². The standard InChI is InChI=1S/C19H23N/c1-12-3-2-4-16-17(11-20-18(12)16)19-8-13-5-14(9-19)7-15(6-13)10-19/h2-4,11,13-15,20H,5-10H2,1H3. The minimum absolute atomic E-state index is 0.515. The van der Waals surface area contributed by atoms with Gasteiger partial charge >= 0.3 is 0 Å². The maximum Gasteiger partial charge on any atom is 0.0486 e. The van der Waals surface area contributed by atoms with Crippen molar-refractivity contribution in [2.24, 2.45) is 17.8 Å². The van der Waals surface area contributed by atoms with E-state index in [0.29, 0.717) is 5.41 Å². The third-order valence-corrected chi connectivity index (χ3v) is 6.53. The molecule has 2 aromatic rings. The van der Waals surface area contributed by atoms with Crippen LogP contribution >= 0.6 is 0 Å². The van der Waals surface area contributed by atoms with Crippen LogP contribution in [0.5, 0.6) is 0 Å². The van der Waals surface area contributed by atoms with E-state index in [0.717, 1.165) is 17.8 Å². The smallest absolute Gasteiger partial charge is 0.0486 e. The lowest BCUT2D eigenvalue weighted by Gasteiger charge is -2.57. The SMILES string of the molecule is Cc1cccc2c(C34CC5CC(CC(C5)C3)C4)c[nH]c12. The zero-order chi connectivity index (χ0) is 13.3. The highest BCUT2D eigenvalue weighted by atomic mass is 14.7. The van der Waals surface area contributed by atoms with Crippen LogP contribution in [-0.2, 0) is 5.41 Å². The molecular weight excluding hydrogens is 242 g/mol. The molecule has 1 heterocycles. The molecule has 1 aromatic carbocycles. The molecule has 1 N–H and O–H groups in total. The number of H-pyrrole nitrogens is 1. The first-order chi connectivity index (χ1) is 9.73. The molecule has 0 radical (unpaired) electrons. The molecule has 0 atom stereocenters. The minimum atomic E-state index is 0.515. The Kier molecular flexibility index (Phi) is 2.11. The number of hydrogen-bond acceptors (Lipinski definition) is 0. The second kappa shape index (κ2) is 3.69. The van der Waals surface area contributed by atoms with Gasteiger partial charge in [-0.2, -0.15) is 0 Å². The summed E-state index contributed by atoms with van der Waals surface area (Å²) in [6, 6.07) is 6.80. The van der Waals surface area contributed by atoms with Gasteiger partial charge in [-0.05, 0) is 79.7 Å². The molecule has 4 aliphatic rings. The lowest BCUT2D eigenvalue weighted by atomic mass is 9.48. The molecule has 0 aliphatic heterocycles. The number of para-hydroxylation sites is 1. The van der Waals surface area contributed by atoms with E-state index in [9.17, 15) is 0 Å². The zero-order valence-electron chi connectivity index (χ0n) is 12.3. The maximum atomic E-state index is 3.58. The Morgan fingerprint density at radius 1 is 1.00 bits per heavy atom. The van der Waals surface area contributed by atoms with Gasteiger partial charge in [-0.15, -0.1) is 0 Å². The first-order valence-electron chi connectivity index (χ1n) is 8.31. The van der Waals surface area contributed by atoms with Gasteiger partial charge in [0.05, 0.1) is 0 Å². The predicted molar refractivity (Wildman–Crippen MR) is 82.9 cm³/mol. The topological polar surface area (TPSA) is 15.8 Å². The highest BCUT2D eigenvalue weighted by Gasteiger charge is 2.52. The Labute approximate surface area is 120 Å². The van der Waals surface area contributed by atoms with Crippen molar-refractivity contribution in [1.82, 2.24) is 4.98 Å². The largest absolute Gasteiger partial charge is 0.361 e. The van der Waals surface area contributed by atoms with Crippen molar-refractivity contribution in [2.75, 3.05) is 0 Å². The molecule has 1 nitrogen and oxygen atoms in total. The first-order valence-corrected chi connectivity index (χ1v) is 8.31. The summed E-state index contributed by atoms with van der Waals surface area (Å²) in [5.74, 6) is 3.07. The quantitative estimate of drug-likeness (QED) is 0.751. The van der Waals surface area contributed by atoms with Crippen molar-refractivity contribution in [3.63, 3.8) is 0 Å². The van der Waals surface area contributed by atoms with Gasteiger partial charge in [0.15, 0.2) is 0 Å². The van der Waals surface area contributed by atoms with Crippen molar-refractivity contribution in [1.29, 1.82) is 0 Å². The highest BCUT2D eigenvalue weighted by Crippen LogP contribution is 2.61. The molecule has 4 fully saturated rings. The summed E-state index contributed by atoms with van der Waals surface area (Å²) in [6.07, 6.45) is 11.3. The van der Waals surface area contributed by atoms with Gasteiger partial charge in [0.25, 0.3) is 0 Å². The van der Waals surface area contributed by atoms with E-state index in [2.05, 4.69) is 36.3 Å². The monoisotopic (exact) mass is 265 g/mol. The zero-order valence-corrected chi connectivity index (χ0v) is 12.3. The van der Waals surface area contributed by atoms with Gasteiger partial charge in [-0.3, -0.25) is 0 Å². The molecule has 4 aliphatic carbocycles. The molecule has 20 heavy (non-hydrogen) atoms. The lowest BCUT2D eigenvalue weighted by Crippen LogP contribution is -2.48. The lowest BCUT2D eigenvalue weighted by molar-refractivity contribution is -0.00449. The van der Waals surface area contributed by atoms with Crippen molar-refractivity contribution in [3.8, 4) is 0 Å². The molecule has 104 valence electrons. The second-order valence-electron chi connectivity index (χ2n) is 7.90. The van der Waals surface area contributed by atoms with Gasteiger partial charge in [0.1, 0.15) is 0 Å². The molecule has 4 saturated carbocycles. The van der Waals surface area contributed by atoms with Crippen molar-refractivity contribution in [3.05, 3.63) is 35.5 Å². The van der Waals surface area contributed by atoms with E-state index < -0.39 is 0 Å². The fourth-order valence-electron chi connectivity index (χ4n) is 6.19. The average molecular weight is 265 g/mol. The summed E-state index contributed by atoms with van der Waals surface area (Å²) in [5.41, 5.74) is 4.92. The number of nitrogens with one attached hydrogen (secondary N) is 1. The number of aromatic nitrogens is 1. The van der Waals surface area contributed by atoms with Crippen LogP contribution in [0.1, 0.15) is 49.7 Å². The van der Waals surface area contributed by atoms with Crippen molar-refractivity contribution in [2.45, 2.75) is 50.9 Å². The Bertz CT molecular complexity index is 643. The van der Waals surface area contributed by atoms with E-state index in [1.54, 1.807) is 5.56 Å². The third kappa shape index (κ3) is 1.39. The molecule has 6 rings (SSSR count). The number of fused-ring (bicyclic) bond motifs is 1. The van der Waals surface area contributed by atoms with E-state index in [4.69, 9.17) is 0 Å². The van der Waals surface area contributed by atoms with Crippen molar-refractivity contribution < 1.29 is 0 Å². The normalized spacial score (nSPS) is 38.8. The highest BCUT2D eigenvalue weighted by molar-refractivity contribution is 5.87. The fraction of sp³-hybridized carbons (Fsp3) is 0.579. The summed E-state index contributed by atoms with van der Waals surface area (Å²) < 4.78 is 0. The summed E-state index contributed by atoms with van der Waals surface area (Å²) >= 11 is 0. The number of hydrogen-bond donors (Lipinski definition) is 1. The third-order valence-electron chi connectivity index (χ3n) is 6.53. The van der Waals surface area contributed by atoms with Crippen LogP contribution in [0.4, 0.5) is 0 Å². The summed E-state index contributed by atoms with van der Waals surface area (Å²) in [7, 11) is 0. The molecule has 4 bridgehead atoms. The van der Waals surface area contributed by atoms with E-state index in [-0.39, 0.29) is 0 Å². The number of benzene rings is 1. The van der Waals surface area contributed by atoms with Gasteiger partial charge in [0.2, 0.25) is 0 Å². The minimum Gasteiger partial charge on any atom is -0.361 e. The number of rotatable bonds is 1. The fourth-order valence-corrected chi connectivity index (χ4v) is 6.19. The maximum absolute atomic E-state index is 3.58. The van der Waals surface area contributed by atoms with Crippen LogP contribution in [0.25, 0.3) is 10.9 Å². The number of aryl methyl sites for hydroxylation is 1. The Balaban J connectivity index is 1.70. The Hall–Kier alpha value is -1.24. The Morgan fingerprint density at radius 2 is 1.65 bits per heavy atom. The van der Waals surface area contributed by atoms with Gasteiger partial charge in [-0.25, -0.2) is 0 Å². The van der Waals surface area contributed by atoms with E-state index in [1.807, 2.05) is 0 Å². The van der Waals surface area contributed by atoms with Gasteiger partial charge < -0.3 is 4.98 Å². The Morgan fingerprint density at radius 3 is 2.30 bits per heavy atom. The molecule has 0 spiro atoms. The summed E-state index contributed by atoms with van der Waals surface area (Å²) in [4.78, 5) is 3.58. The van der Waals surface area contributed by atoms with Crippen LogP contribution in [0.3, 0.4) is 0 Å². The van der Waals surface area contributed by atoms with E-state index >= 15 is 0 Å². The van der Waals surface area contributed by atoms with Crippen LogP contribution in [0, 0.1) is 24.7 Å². The molecule has 1 heteroatoms. The van der Waals surface area contributed by atoms with Crippen LogP contribution < -0.4 is 0 Å².